The van der Waals surface area contributed by atoms with Crippen LogP contribution < -0.4 is 5.73 Å². The summed E-state index contributed by atoms with van der Waals surface area (Å²) in [4.78, 5) is 19.5. The van der Waals surface area contributed by atoms with Crippen LogP contribution in [0.2, 0.25) is 0 Å². The van der Waals surface area contributed by atoms with Crippen molar-refractivity contribution in [1.82, 2.24) is 15.0 Å². The number of carbonyl (C=O) groups is 1. The standard InChI is InChI=1S/C19H28N4O3.ClH/c1-12(2)17-16-15(11-13(3)21-18(16)26-22-17)19(24)23-8-5-14(6-9-23)25-10-4-7-20;/h11-12,14H,4-10,20H2,1-3H3;1H. The lowest BCUT2D eigenvalue weighted by molar-refractivity contribution is 0.00849. The molecule has 1 aliphatic heterocycles. The number of aryl methyl sites for hydroxylation is 1. The highest BCUT2D eigenvalue weighted by molar-refractivity contribution is 6.06. The molecule has 0 radical (unpaired) electrons. The number of likely N-dealkylation sites (tertiary alicyclic amines) is 1. The lowest BCUT2D eigenvalue weighted by Gasteiger charge is -2.32. The second-order valence-electron chi connectivity index (χ2n) is 7.22. The first-order chi connectivity index (χ1) is 12.5. The summed E-state index contributed by atoms with van der Waals surface area (Å²) in [6, 6.07) is 1.84. The molecule has 2 aromatic rings. The van der Waals surface area contributed by atoms with Gasteiger partial charge < -0.3 is 19.9 Å². The molecule has 0 aliphatic carbocycles. The van der Waals surface area contributed by atoms with Crippen molar-refractivity contribution in [3.8, 4) is 0 Å². The van der Waals surface area contributed by atoms with E-state index in [0.717, 1.165) is 36.0 Å². The van der Waals surface area contributed by atoms with Crippen LogP contribution in [0.1, 0.15) is 60.8 Å². The molecule has 1 saturated heterocycles. The number of pyridine rings is 1. The maximum atomic E-state index is 13.2. The number of halogens is 1. The number of rotatable bonds is 6. The van der Waals surface area contributed by atoms with Gasteiger partial charge in [-0.25, -0.2) is 4.98 Å². The number of aromatic nitrogens is 2. The molecule has 2 N–H and O–H groups in total. The highest BCUT2D eigenvalue weighted by Gasteiger charge is 2.28. The molecule has 27 heavy (non-hydrogen) atoms. The van der Waals surface area contributed by atoms with Crippen LogP contribution in [-0.4, -0.2) is 53.3 Å². The van der Waals surface area contributed by atoms with E-state index in [0.29, 0.717) is 37.5 Å². The second-order valence-corrected chi connectivity index (χ2v) is 7.22. The number of nitrogens with two attached hydrogens (primary N) is 1. The van der Waals surface area contributed by atoms with Gasteiger partial charge in [0.15, 0.2) is 0 Å². The fraction of sp³-hybridized carbons (Fsp3) is 0.632. The average molecular weight is 397 g/mol. The summed E-state index contributed by atoms with van der Waals surface area (Å²) in [6.07, 6.45) is 2.79. The van der Waals surface area contributed by atoms with E-state index in [9.17, 15) is 4.79 Å². The Labute approximate surface area is 166 Å². The Morgan fingerprint density at radius 2 is 2.11 bits per heavy atom. The molecule has 3 heterocycles. The summed E-state index contributed by atoms with van der Waals surface area (Å²) in [7, 11) is 0. The monoisotopic (exact) mass is 396 g/mol. The topological polar surface area (TPSA) is 94.5 Å². The Balaban J connectivity index is 0.00000261. The van der Waals surface area contributed by atoms with Gasteiger partial charge in [-0.15, -0.1) is 12.4 Å². The van der Waals surface area contributed by atoms with Crippen LogP contribution in [-0.2, 0) is 4.74 Å². The van der Waals surface area contributed by atoms with E-state index in [2.05, 4.69) is 10.1 Å². The maximum Gasteiger partial charge on any atom is 0.259 e. The second kappa shape index (κ2) is 9.48. The number of fused-ring (bicyclic) bond motifs is 1. The lowest BCUT2D eigenvalue weighted by atomic mass is 10.0. The molecule has 8 heteroatoms. The van der Waals surface area contributed by atoms with Crippen LogP contribution in [0.15, 0.2) is 10.6 Å². The molecule has 0 aromatic carbocycles. The quantitative estimate of drug-likeness (QED) is 0.754. The smallest absolute Gasteiger partial charge is 0.259 e. The summed E-state index contributed by atoms with van der Waals surface area (Å²) in [5.74, 6) is 0.181. The van der Waals surface area contributed by atoms with Gasteiger partial charge in [-0.1, -0.05) is 19.0 Å². The van der Waals surface area contributed by atoms with Crippen LogP contribution in [0, 0.1) is 6.92 Å². The zero-order valence-corrected chi connectivity index (χ0v) is 17.1. The number of piperidine rings is 1. The third-order valence-corrected chi connectivity index (χ3v) is 4.81. The molecule has 3 rings (SSSR count). The minimum Gasteiger partial charge on any atom is -0.378 e. The zero-order valence-electron chi connectivity index (χ0n) is 16.2. The zero-order chi connectivity index (χ0) is 18.7. The van der Waals surface area contributed by atoms with Gasteiger partial charge in [0.1, 0.15) is 0 Å². The van der Waals surface area contributed by atoms with E-state index in [1.54, 1.807) is 0 Å². The van der Waals surface area contributed by atoms with Crippen molar-refractivity contribution < 1.29 is 14.1 Å². The number of hydrogen-bond donors (Lipinski definition) is 1. The maximum absolute atomic E-state index is 13.2. The van der Waals surface area contributed by atoms with E-state index < -0.39 is 0 Å². The van der Waals surface area contributed by atoms with Crippen LogP contribution in [0.25, 0.3) is 11.1 Å². The molecule has 0 saturated carbocycles. The van der Waals surface area contributed by atoms with Crippen LogP contribution >= 0.6 is 12.4 Å². The summed E-state index contributed by atoms with van der Waals surface area (Å²) < 4.78 is 11.2. The van der Waals surface area contributed by atoms with Gasteiger partial charge >= 0.3 is 0 Å². The highest BCUT2D eigenvalue weighted by atomic mass is 35.5. The first-order valence-corrected chi connectivity index (χ1v) is 9.39. The predicted molar refractivity (Wildman–Crippen MR) is 106 cm³/mol. The minimum absolute atomic E-state index is 0. The van der Waals surface area contributed by atoms with Crippen molar-refractivity contribution in [2.24, 2.45) is 5.73 Å². The molecule has 0 spiro atoms. The molecular formula is C19H29ClN4O3. The Bertz CT molecular complexity index is 770. The van der Waals surface area contributed by atoms with E-state index in [-0.39, 0.29) is 30.3 Å². The van der Waals surface area contributed by atoms with Crippen molar-refractivity contribution in [3.63, 3.8) is 0 Å². The lowest BCUT2D eigenvalue weighted by Crippen LogP contribution is -2.41. The van der Waals surface area contributed by atoms with Crippen LogP contribution in [0.5, 0.6) is 0 Å². The average Bonchev–Trinajstić information content (AvgIpc) is 3.05. The van der Waals surface area contributed by atoms with Gasteiger partial charge in [-0.2, -0.15) is 0 Å². The van der Waals surface area contributed by atoms with Crippen molar-refractivity contribution in [1.29, 1.82) is 0 Å². The number of amides is 1. The van der Waals surface area contributed by atoms with Gasteiger partial charge in [-0.3, -0.25) is 4.79 Å². The summed E-state index contributed by atoms with van der Waals surface area (Å²) >= 11 is 0. The number of carbonyl (C=O) groups excluding carboxylic acids is 1. The normalized spacial score (nSPS) is 15.4. The first-order valence-electron chi connectivity index (χ1n) is 9.39. The molecule has 1 aliphatic rings. The largest absolute Gasteiger partial charge is 0.378 e. The third-order valence-electron chi connectivity index (χ3n) is 4.81. The molecular weight excluding hydrogens is 368 g/mol. The highest BCUT2D eigenvalue weighted by Crippen LogP contribution is 2.29. The Morgan fingerprint density at radius 1 is 1.41 bits per heavy atom. The third kappa shape index (κ3) is 4.78. The van der Waals surface area contributed by atoms with Crippen molar-refractivity contribution in [2.45, 2.75) is 52.1 Å². The summed E-state index contributed by atoms with van der Waals surface area (Å²) in [5, 5.41) is 4.89. The van der Waals surface area contributed by atoms with Crippen LogP contribution in [0.4, 0.5) is 0 Å². The van der Waals surface area contributed by atoms with Gasteiger partial charge in [0.2, 0.25) is 0 Å². The summed E-state index contributed by atoms with van der Waals surface area (Å²) in [5.41, 5.74) is 8.13. The van der Waals surface area contributed by atoms with Gasteiger partial charge in [0.25, 0.3) is 11.6 Å². The number of hydrogen-bond acceptors (Lipinski definition) is 6. The molecule has 7 nitrogen and oxygen atoms in total. The van der Waals surface area contributed by atoms with E-state index in [1.165, 1.54) is 0 Å². The molecule has 0 atom stereocenters. The Kier molecular flexibility index (Phi) is 7.59. The van der Waals surface area contributed by atoms with Gasteiger partial charge in [0, 0.05) is 25.4 Å². The van der Waals surface area contributed by atoms with Crippen molar-refractivity contribution >= 4 is 29.4 Å². The Morgan fingerprint density at radius 3 is 2.74 bits per heavy atom. The fourth-order valence-electron chi connectivity index (χ4n) is 3.39. The molecule has 150 valence electrons. The van der Waals surface area contributed by atoms with E-state index in [4.69, 9.17) is 15.0 Å². The van der Waals surface area contributed by atoms with Crippen LogP contribution in [0.3, 0.4) is 0 Å². The summed E-state index contributed by atoms with van der Waals surface area (Å²) in [6.45, 7) is 8.66. The molecule has 1 amide bonds. The fourth-order valence-corrected chi connectivity index (χ4v) is 3.39. The SMILES string of the molecule is Cc1cc(C(=O)N2CCC(OCCCN)CC2)c2c(C(C)C)noc2n1.Cl. The van der Waals surface area contributed by atoms with E-state index in [1.807, 2.05) is 31.7 Å². The number of ether oxygens (including phenoxy) is 1. The minimum atomic E-state index is 0. The molecule has 2 aromatic heterocycles. The van der Waals surface area contributed by atoms with E-state index >= 15 is 0 Å². The molecule has 1 fully saturated rings. The van der Waals surface area contributed by atoms with Gasteiger partial charge in [0.05, 0.1) is 22.7 Å². The number of nitrogens with zero attached hydrogens (tertiary/aromatic N) is 3. The van der Waals surface area contributed by atoms with Crippen molar-refractivity contribution in [3.05, 3.63) is 23.0 Å². The Hall–Kier alpha value is -1.70. The predicted octanol–water partition coefficient (Wildman–Crippen LogP) is 3.05. The molecule has 0 bridgehead atoms. The van der Waals surface area contributed by atoms with Gasteiger partial charge in [-0.05, 0) is 44.7 Å². The molecule has 0 unspecified atom stereocenters. The first kappa shape index (κ1) is 21.6. The van der Waals surface area contributed by atoms with Crippen molar-refractivity contribution in [2.75, 3.05) is 26.2 Å².